The monoisotopic (exact) mass is 141 g/mol. The molecule has 1 atom stereocenters. The van der Waals surface area contributed by atoms with E-state index in [0.717, 1.165) is 32.2 Å². The molecule has 0 amide bonds. The molecule has 0 rings (SSSR count). The summed E-state index contributed by atoms with van der Waals surface area (Å²) in [6.07, 6.45) is 2.57. The Balaban J connectivity index is 2.95. The molecule has 0 bridgehead atoms. The third-order valence-electron chi connectivity index (χ3n) is 1.32. The summed E-state index contributed by atoms with van der Waals surface area (Å²) in [6.45, 7) is 9.35. The van der Waals surface area contributed by atoms with Gasteiger partial charge in [-0.1, -0.05) is 6.92 Å². The highest BCUT2D eigenvalue weighted by molar-refractivity contribution is 5.54. The van der Waals surface area contributed by atoms with Crippen LogP contribution >= 0.6 is 0 Å². The summed E-state index contributed by atoms with van der Waals surface area (Å²) in [4.78, 5) is 10.0. The average Bonchev–Trinajstić information content (AvgIpc) is 1.98. The second kappa shape index (κ2) is 6.75. The average molecular weight is 141 g/mol. The fourth-order valence-electron chi connectivity index (χ4n) is 0.708. The molecular weight excluding hydrogens is 126 g/mol. The van der Waals surface area contributed by atoms with Crippen molar-refractivity contribution in [3.63, 3.8) is 0 Å². The molecule has 0 saturated carbocycles. The number of rotatable bonds is 6. The van der Waals surface area contributed by atoms with Crippen LogP contribution in [0.15, 0.2) is 0 Å². The van der Waals surface area contributed by atoms with Gasteiger partial charge in [-0.3, -0.25) is 0 Å². The van der Waals surface area contributed by atoms with E-state index in [9.17, 15) is 4.79 Å². The highest BCUT2D eigenvalue weighted by Crippen LogP contribution is 1.99. The quantitative estimate of drug-likeness (QED) is 0.440. The van der Waals surface area contributed by atoms with Crippen LogP contribution in [0.25, 0.3) is 0 Å². The zero-order chi connectivity index (χ0) is 7.82. The van der Waals surface area contributed by atoms with Gasteiger partial charge >= 0.3 is 0 Å². The Bertz CT molecular complexity index is 83.3. The molecule has 58 valence electrons. The van der Waals surface area contributed by atoms with E-state index >= 15 is 0 Å². The summed E-state index contributed by atoms with van der Waals surface area (Å²) >= 11 is 0. The Kier molecular flexibility index (Phi) is 6.50. The van der Waals surface area contributed by atoms with Crippen LogP contribution in [0.1, 0.15) is 19.8 Å². The highest BCUT2D eigenvalue weighted by Gasteiger charge is 1.97. The van der Waals surface area contributed by atoms with Gasteiger partial charge in [0.1, 0.15) is 6.29 Å². The third kappa shape index (κ3) is 5.76. The number of hydrogen-bond acceptors (Lipinski definition) is 2. The Morgan fingerprint density at radius 2 is 2.40 bits per heavy atom. The molecule has 2 heteroatoms. The van der Waals surface area contributed by atoms with Gasteiger partial charge < -0.3 is 10.1 Å². The molecule has 0 aliphatic heterocycles. The molecule has 0 spiro atoms. The lowest BCUT2D eigenvalue weighted by atomic mass is 10.1. The number of carbonyl (C=O) groups is 1. The van der Waals surface area contributed by atoms with Gasteiger partial charge in [0.05, 0.1) is 0 Å². The van der Waals surface area contributed by atoms with Gasteiger partial charge in [0.2, 0.25) is 0 Å². The van der Waals surface area contributed by atoms with Crippen molar-refractivity contribution >= 4 is 6.29 Å². The summed E-state index contributed by atoms with van der Waals surface area (Å²) < 4.78 is 0. The SMILES string of the molecule is [CH][C@H](C=O)CCCNCC. The first kappa shape index (κ1) is 9.63. The minimum absolute atomic E-state index is 0.265. The lowest BCUT2D eigenvalue weighted by molar-refractivity contribution is -0.110. The van der Waals surface area contributed by atoms with Crippen LogP contribution in [0.5, 0.6) is 0 Å². The van der Waals surface area contributed by atoms with Crippen LogP contribution in [-0.4, -0.2) is 19.4 Å². The lowest BCUT2D eigenvalue weighted by Crippen LogP contribution is -2.14. The van der Waals surface area contributed by atoms with Crippen LogP contribution in [0.3, 0.4) is 0 Å². The first-order valence-electron chi connectivity index (χ1n) is 3.72. The highest BCUT2D eigenvalue weighted by atomic mass is 16.1. The Morgan fingerprint density at radius 1 is 1.70 bits per heavy atom. The van der Waals surface area contributed by atoms with Crippen LogP contribution in [0.2, 0.25) is 0 Å². The molecule has 0 aliphatic carbocycles. The van der Waals surface area contributed by atoms with E-state index in [0.29, 0.717) is 0 Å². The third-order valence-corrected chi connectivity index (χ3v) is 1.32. The Morgan fingerprint density at radius 3 is 2.90 bits per heavy atom. The van der Waals surface area contributed by atoms with Crippen LogP contribution < -0.4 is 5.32 Å². The standard InChI is InChI=1S/C8H15NO/c1-3-9-6-4-5-8(2)7-10/h2,7-9H,3-6H2,1H3/t8-/m0/s1. The molecule has 0 saturated heterocycles. The van der Waals surface area contributed by atoms with Crippen molar-refractivity contribution in [3.8, 4) is 0 Å². The van der Waals surface area contributed by atoms with E-state index in [-0.39, 0.29) is 5.92 Å². The minimum Gasteiger partial charge on any atom is -0.317 e. The summed E-state index contributed by atoms with van der Waals surface area (Å²) in [5, 5.41) is 3.16. The van der Waals surface area contributed by atoms with Crippen molar-refractivity contribution in [1.29, 1.82) is 0 Å². The normalized spacial score (nSPS) is 13.0. The predicted octanol–water partition coefficient (Wildman–Crippen LogP) is 0.902. The maximum atomic E-state index is 10.0. The van der Waals surface area contributed by atoms with Crippen LogP contribution in [-0.2, 0) is 4.79 Å². The maximum absolute atomic E-state index is 10.0. The first-order valence-corrected chi connectivity index (χ1v) is 3.72. The molecule has 1 N–H and O–H groups in total. The van der Waals surface area contributed by atoms with Crippen LogP contribution in [0, 0.1) is 12.8 Å². The van der Waals surface area contributed by atoms with Gasteiger partial charge in [-0.05, 0) is 32.9 Å². The molecule has 0 aromatic carbocycles. The largest absolute Gasteiger partial charge is 0.317 e. The fraction of sp³-hybridized carbons (Fsp3) is 0.750. The van der Waals surface area contributed by atoms with Gasteiger partial charge in [0.15, 0.2) is 0 Å². The Labute approximate surface area is 63.0 Å². The lowest BCUT2D eigenvalue weighted by Gasteiger charge is -2.02. The van der Waals surface area contributed by atoms with E-state index < -0.39 is 0 Å². The zero-order valence-corrected chi connectivity index (χ0v) is 6.47. The molecule has 0 aliphatic rings. The van der Waals surface area contributed by atoms with Gasteiger partial charge in [-0.25, -0.2) is 0 Å². The fourth-order valence-corrected chi connectivity index (χ4v) is 0.708. The van der Waals surface area contributed by atoms with Crippen molar-refractivity contribution in [2.45, 2.75) is 19.8 Å². The van der Waals surface area contributed by atoms with Crippen molar-refractivity contribution in [3.05, 3.63) is 6.92 Å². The number of carbonyl (C=O) groups excluding carboxylic acids is 1. The van der Waals surface area contributed by atoms with Gasteiger partial charge in [0.25, 0.3) is 0 Å². The Hall–Kier alpha value is -0.370. The summed E-state index contributed by atoms with van der Waals surface area (Å²) in [5.74, 6) is -0.265. The summed E-state index contributed by atoms with van der Waals surface area (Å²) in [6, 6.07) is 0. The molecule has 10 heavy (non-hydrogen) atoms. The van der Waals surface area contributed by atoms with E-state index in [4.69, 9.17) is 6.92 Å². The van der Waals surface area contributed by atoms with Gasteiger partial charge in [0, 0.05) is 5.92 Å². The van der Waals surface area contributed by atoms with E-state index in [1.807, 2.05) is 0 Å². The van der Waals surface area contributed by atoms with Crippen molar-refractivity contribution in [2.24, 2.45) is 5.92 Å². The zero-order valence-electron chi connectivity index (χ0n) is 6.47. The number of nitrogens with one attached hydrogen (secondary N) is 1. The number of hydrogen-bond donors (Lipinski definition) is 1. The van der Waals surface area contributed by atoms with Gasteiger partial charge in [-0.15, -0.1) is 0 Å². The molecule has 2 nitrogen and oxygen atoms in total. The second-order valence-electron chi connectivity index (χ2n) is 2.30. The topological polar surface area (TPSA) is 29.1 Å². The molecule has 0 heterocycles. The first-order chi connectivity index (χ1) is 4.81. The molecule has 0 unspecified atom stereocenters. The second-order valence-corrected chi connectivity index (χ2v) is 2.30. The van der Waals surface area contributed by atoms with Gasteiger partial charge in [-0.2, -0.15) is 0 Å². The van der Waals surface area contributed by atoms with E-state index in [1.54, 1.807) is 0 Å². The summed E-state index contributed by atoms with van der Waals surface area (Å²) in [5.41, 5.74) is 0. The molecule has 0 fully saturated rings. The molecular formula is C8H15NO. The van der Waals surface area contributed by atoms with Crippen molar-refractivity contribution < 1.29 is 4.79 Å². The summed E-state index contributed by atoms with van der Waals surface area (Å²) in [7, 11) is 0. The molecule has 0 aromatic rings. The van der Waals surface area contributed by atoms with E-state index in [1.165, 1.54) is 0 Å². The van der Waals surface area contributed by atoms with E-state index in [2.05, 4.69) is 12.2 Å². The van der Waals surface area contributed by atoms with Crippen molar-refractivity contribution in [2.75, 3.05) is 13.1 Å². The predicted molar refractivity (Wildman–Crippen MR) is 41.6 cm³/mol. The number of aldehydes is 1. The smallest absolute Gasteiger partial charge is 0.123 e. The van der Waals surface area contributed by atoms with Crippen LogP contribution in [0.4, 0.5) is 0 Å². The maximum Gasteiger partial charge on any atom is 0.123 e. The molecule has 0 aromatic heterocycles. The van der Waals surface area contributed by atoms with Crippen molar-refractivity contribution in [1.82, 2.24) is 5.32 Å². The molecule has 2 radical (unpaired) electrons. The minimum atomic E-state index is -0.265.